The monoisotopic (exact) mass is 214 g/mol. The van der Waals surface area contributed by atoms with Crippen molar-refractivity contribution in [2.45, 2.75) is 19.8 Å². The Morgan fingerprint density at radius 1 is 1.20 bits per heavy atom. The summed E-state index contributed by atoms with van der Waals surface area (Å²) in [7, 11) is 0. The molecule has 0 aromatic heterocycles. The van der Waals surface area contributed by atoms with E-state index >= 15 is 0 Å². The van der Waals surface area contributed by atoms with E-state index in [4.69, 9.17) is 20.3 Å². The van der Waals surface area contributed by atoms with Crippen LogP contribution in [0, 0.1) is 0 Å². The summed E-state index contributed by atoms with van der Waals surface area (Å²) in [4.78, 5) is 12.6. The maximum Gasteiger partial charge on any atom is 0.503 e. The van der Waals surface area contributed by atoms with Gasteiger partial charge in [-0.15, -0.1) is 0 Å². The smallest absolute Gasteiger partial charge is 0.450 e. The molecule has 15 heavy (non-hydrogen) atoms. The van der Waals surface area contributed by atoms with Gasteiger partial charge in [-0.25, -0.2) is 10.1 Å². The van der Waals surface area contributed by atoms with Gasteiger partial charge in [-0.1, -0.05) is 26.0 Å². The molecule has 1 rings (SSSR count). The molecule has 1 aromatic carbocycles. The molecule has 0 heterocycles. The van der Waals surface area contributed by atoms with Gasteiger partial charge < -0.3 is 15.1 Å². The standard InChI is InChI=1S/C9H12O2.CH2O3/c1-7(2)8-3-5-9(11-10)6-4-8;2-1(3)4/h3-7,10H,1-2H3;(H2,2,3,4). The molecular formula is C10H14O5. The van der Waals surface area contributed by atoms with Crippen LogP contribution in [0.1, 0.15) is 25.3 Å². The molecule has 0 amide bonds. The molecule has 0 aliphatic carbocycles. The lowest BCUT2D eigenvalue weighted by Crippen LogP contribution is -1.87. The second-order valence-corrected chi connectivity index (χ2v) is 3.10. The van der Waals surface area contributed by atoms with Crippen molar-refractivity contribution in [2.24, 2.45) is 0 Å². The Morgan fingerprint density at radius 3 is 1.87 bits per heavy atom. The van der Waals surface area contributed by atoms with Crippen LogP contribution in [-0.2, 0) is 0 Å². The van der Waals surface area contributed by atoms with Crippen molar-refractivity contribution in [1.82, 2.24) is 0 Å². The van der Waals surface area contributed by atoms with Gasteiger partial charge in [0.2, 0.25) is 0 Å². The molecular weight excluding hydrogens is 200 g/mol. The highest BCUT2D eigenvalue weighted by Crippen LogP contribution is 2.17. The Bertz CT molecular complexity index is 287. The van der Waals surface area contributed by atoms with Crippen molar-refractivity contribution in [2.75, 3.05) is 0 Å². The molecule has 0 spiro atoms. The number of hydrogen-bond donors (Lipinski definition) is 3. The first-order valence-electron chi connectivity index (χ1n) is 4.30. The Labute approximate surface area is 87.5 Å². The molecule has 5 heteroatoms. The zero-order valence-corrected chi connectivity index (χ0v) is 8.54. The molecule has 0 saturated heterocycles. The maximum atomic E-state index is 8.56. The molecule has 0 atom stereocenters. The number of benzene rings is 1. The van der Waals surface area contributed by atoms with E-state index in [1.807, 2.05) is 12.1 Å². The van der Waals surface area contributed by atoms with Crippen molar-refractivity contribution < 1.29 is 25.2 Å². The first-order chi connectivity index (χ1) is 6.97. The molecule has 0 aliphatic rings. The van der Waals surface area contributed by atoms with Gasteiger partial charge in [-0.05, 0) is 23.6 Å². The summed E-state index contributed by atoms with van der Waals surface area (Å²) in [6.07, 6.45) is -1.83. The summed E-state index contributed by atoms with van der Waals surface area (Å²) < 4.78 is 0. The van der Waals surface area contributed by atoms with E-state index in [-0.39, 0.29) is 0 Å². The second-order valence-electron chi connectivity index (χ2n) is 3.10. The lowest BCUT2D eigenvalue weighted by atomic mass is 10.0. The van der Waals surface area contributed by atoms with E-state index in [9.17, 15) is 0 Å². The fourth-order valence-corrected chi connectivity index (χ4v) is 0.914. The minimum atomic E-state index is -1.83. The topological polar surface area (TPSA) is 87.0 Å². The highest BCUT2D eigenvalue weighted by atomic mass is 17.1. The molecule has 0 radical (unpaired) electrons. The Kier molecular flexibility index (Phi) is 5.89. The van der Waals surface area contributed by atoms with Crippen LogP contribution in [0.25, 0.3) is 0 Å². The molecule has 0 bridgehead atoms. The predicted octanol–water partition coefficient (Wildman–Crippen LogP) is 2.88. The van der Waals surface area contributed by atoms with Gasteiger partial charge in [-0.2, -0.15) is 0 Å². The quantitative estimate of drug-likeness (QED) is 0.520. The van der Waals surface area contributed by atoms with Gasteiger partial charge in [0.15, 0.2) is 5.75 Å². The van der Waals surface area contributed by atoms with Gasteiger partial charge in [-0.3, -0.25) is 0 Å². The number of carbonyl (C=O) groups is 1. The summed E-state index contributed by atoms with van der Waals surface area (Å²) in [6.45, 7) is 4.24. The van der Waals surface area contributed by atoms with E-state index in [1.165, 1.54) is 5.56 Å². The van der Waals surface area contributed by atoms with Crippen molar-refractivity contribution in [3.05, 3.63) is 29.8 Å². The van der Waals surface area contributed by atoms with E-state index in [2.05, 4.69) is 18.7 Å². The summed E-state index contributed by atoms with van der Waals surface area (Å²) in [5.41, 5.74) is 1.24. The molecule has 0 fully saturated rings. The summed E-state index contributed by atoms with van der Waals surface area (Å²) >= 11 is 0. The fourth-order valence-electron chi connectivity index (χ4n) is 0.914. The summed E-state index contributed by atoms with van der Waals surface area (Å²) in [6, 6.07) is 7.37. The Hall–Kier alpha value is -1.75. The van der Waals surface area contributed by atoms with Crippen LogP contribution >= 0.6 is 0 Å². The largest absolute Gasteiger partial charge is 0.503 e. The first-order valence-corrected chi connectivity index (χ1v) is 4.30. The first kappa shape index (κ1) is 13.2. The molecule has 3 N–H and O–H groups in total. The summed E-state index contributed by atoms with van der Waals surface area (Å²) in [5, 5.41) is 22.2. The zero-order valence-electron chi connectivity index (χ0n) is 8.54. The highest BCUT2D eigenvalue weighted by molar-refractivity contribution is 5.53. The minimum absolute atomic E-state index is 0.481. The van der Waals surface area contributed by atoms with Gasteiger partial charge in [0.05, 0.1) is 0 Å². The maximum absolute atomic E-state index is 8.56. The Morgan fingerprint density at radius 2 is 1.60 bits per heavy atom. The fraction of sp³-hybridized carbons (Fsp3) is 0.300. The predicted molar refractivity (Wildman–Crippen MR) is 54.4 cm³/mol. The van der Waals surface area contributed by atoms with Crippen LogP contribution in [-0.4, -0.2) is 21.6 Å². The average Bonchev–Trinajstić information content (AvgIpc) is 2.17. The van der Waals surface area contributed by atoms with Crippen LogP contribution < -0.4 is 4.89 Å². The van der Waals surface area contributed by atoms with Crippen LogP contribution in [0.4, 0.5) is 4.79 Å². The van der Waals surface area contributed by atoms with Gasteiger partial charge in [0, 0.05) is 0 Å². The van der Waals surface area contributed by atoms with Crippen molar-refractivity contribution >= 4 is 6.16 Å². The number of hydrogen-bond acceptors (Lipinski definition) is 3. The molecule has 1 aromatic rings. The SMILES string of the molecule is CC(C)c1ccc(OO)cc1.O=C(O)O. The van der Waals surface area contributed by atoms with Crippen molar-refractivity contribution in [3.63, 3.8) is 0 Å². The molecule has 0 unspecified atom stereocenters. The van der Waals surface area contributed by atoms with Crippen LogP contribution in [0.5, 0.6) is 5.75 Å². The molecule has 0 aliphatic heterocycles. The minimum Gasteiger partial charge on any atom is -0.450 e. The van der Waals surface area contributed by atoms with Crippen molar-refractivity contribution in [1.29, 1.82) is 0 Å². The van der Waals surface area contributed by atoms with Crippen LogP contribution in [0.3, 0.4) is 0 Å². The number of carboxylic acid groups (broad SMARTS) is 2. The molecule has 0 saturated carbocycles. The normalized spacial score (nSPS) is 9.07. The van der Waals surface area contributed by atoms with Gasteiger partial charge in [0.1, 0.15) is 0 Å². The van der Waals surface area contributed by atoms with Crippen LogP contribution in [0.15, 0.2) is 24.3 Å². The third-order valence-corrected chi connectivity index (χ3v) is 1.65. The summed E-state index contributed by atoms with van der Waals surface area (Å²) in [5.74, 6) is 0.997. The number of rotatable bonds is 2. The highest BCUT2D eigenvalue weighted by Gasteiger charge is 1.98. The van der Waals surface area contributed by atoms with Gasteiger partial charge >= 0.3 is 6.16 Å². The third kappa shape index (κ3) is 6.34. The lowest BCUT2D eigenvalue weighted by molar-refractivity contribution is -0.137. The van der Waals surface area contributed by atoms with E-state index < -0.39 is 6.16 Å². The lowest BCUT2D eigenvalue weighted by Gasteiger charge is -2.04. The van der Waals surface area contributed by atoms with Crippen molar-refractivity contribution in [3.8, 4) is 5.75 Å². The molecule has 5 nitrogen and oxygen atoms in total. The zero-order chi connectivity index (χ0) is 11.8. The van der Waals surface area contributed by atoms with E-state index in [0.717, 1.165) is 0 Å². The average molecular weight is 214 g/mol. The van der Waals surface area contributed by atoms with Gasteiger partial charge in [0.25, 0.3) is 0 Å². The molecule has 84 valence electrons. The third-order valence-electron chi connectivity index (χ3n) is 1.65. The second kappa shape index (κ2) is 6.67. The van der Waals surface area contributed by atoms with E-state index in [1.54, 1.807) is 12.1 Å². The Balaban J connectivity index is 0.000000423. The van der Waals surface area contributed by atoms with E-state index in [0.29, 0.717) is 11.7 Å². The van der Waals surface area contributed by atoms with Crippen LogP contribution in [0.2, 0.25) is 0 Å².